The number of nitrogens with zero attached hydrogens (tertiary/aromatic N) is 1. The zero-order valence-corrected chi connectivity index (χ0v) is 9.67. The van der Waals surface area contributed by atoms with Gasteiger partial charge < -0.3 is 4.74 Å². The predicted octanol–water partition coefficient (Wildman–Crippen LogP) is 2.51. The Kier molecular flexibility index (Phi) is 4.02. The number of hydrogen-bond donors (Lipinski definition) is 0. The first kappa shape index (κ1) is 12.2. The molecule has 3 nitrogen and oxygen atoms in total. The van der Waals surface area contributed by atoms with Gasteiger partial charge in [0.25, 0.3) is 0 Å². The molecule has 0 saturated carbocycles. The number of hydrogen-bond acceptors (Lipinski definition) is 3. The molecule has 1 aromatic heterocycles. The molecular formula is C14H12FNO2. The fourth-order valence-electron chi connectivity index (χ4n) is 1.49. The van der Waals surface area contributed by atoms with Crippen LogP contribution >= 0.6 is 0 Å². The smallest absolute Gasteiger partial charge is 0.310 e. The highest BCUT2D eigenvalue weighted by molar-refractivity contribution is 5.72. The number of pyridine rings is 1. The van der Waals surface area contributed by atoms with Crippen LogP contribution in [0.15, 0.2) is 48.7 Å². The van der Waals surface area contributed by atoms with Crippen molar-refractivity contribution in [3.63, 3.8) is 0 Å². The van der Waals surface area contributed by atoms with Crippen LogP contribution in [0.1, 0.15) is 11.3 Å². The minimum atomic E-state index is -0.467. The number of aromatic nitrogens is 1. The van der Waals surface area contributed by atoms with Crippen molar-refractivity contribution in [2.45, 2.75) is 13.0 Å². The molecule has 2 aromatic rings. The Morgan fingerprint density at radius 1 is 1.17 bits per heavy atom. The molecular weight excluding hydrogens is 233 g/mol. The summed E-state index contributed by atoms with van der Waals surface area (Å²) in [6.45, 7) is 0.105. The minimum Gasteiger partial charge on any atom is -0.459 e. The van der Waals surface area contributed by atoms with E-state index in [9.17, 15) is 9.18 Å². The molecule has 0 amide bonds. The van der Waals surface area contributed by atoms with Gasteiger partial charge in [-0.15, -0.1) is 0 Å². The van der Waals surface area contributed by atoms with Gasteiger partial charge in [-0.2, -0.15) is 0 Å². The summed E-state index contributed by atoms with van der Waals surface area (Å²) < 4.78 is 18.3. The van der Waals surface area contributed by atoms with Crippen LogP contribution < -0.4 is 0 Å². The number of carbonyl (C=O) groups is 1. The van der Waals surface area contributed by atoms with Gasteiger partial charge in [-0.1, -0.05) is 24.3 Å². The number of carbonyl (C=O) groups excluding carboxylic acids is 1. The van der Waals surface area contributed by atoms with Gasteiger partial charge in [0.05, 0.1) is 12.1 Å². The topological polar surface area (TPSA) is 39.2 Å². The number of benzene rings is 1. The molecule has 0 fully saturated rings. The Morgan fingerprint density at radius 2 is 1.94 bits per heavy atom. The Balaban J connectivity index is 1.88. The van der Waals surface area contributed by atoms with Crippen molar-refractivity contribution >= 4 is 5.97 Å². The first-order chi connectivity index (χ1) is 8.75. The zero-order valence-electron chi connectivity index (χ0n) is 9.67. The Labute approximate surface area is 104 Å². The molecule has 0 radical (unpaired) electrons. The molecule has 2 rings (SSSR count). The summed E-state index contributed by atoms with van der Waals surface area (Å²) in [5.41, 5.74) is 1.00. The van der Waals surface area contributed by atoms with E-state index in [0.29, 0.717) is 11.3 Å². The molecule has 4 heteroatoms. The number of ether oxygens (including phenoxy) is 1. The molecule has 0 aliphatic rings. The largest absolute Gasteiger partial charge is 0.459 e. The summed E-state index contributed by atoms with van der Waals surface area (Å²) in [5, 5.41) is 0. The van der Waals surface area contributed by atoms with E-state index in [1.54, 1.807) is 36.5 Å². The van der Waals surface area contributed by atoms with Gasteiger partial charge in [0.1, 0.15) is 12.4 Å². The van der Waals surface area contributed by atoms with Gasteiger partial charge in [0.15, 0.2) is 0 Å². The second-order valence-electron chi connectivity index (χ2n) is 3.75. The lowest BCUT2D eigenvalue weighted by atomic mass is 10.1. The Hall–Kier alpha value is -2.23. The SMILES string of the molecule is O=C(Cc1ccccc1F)OCc1ccccn1. The van der Waals surface area contributed by atoms with E-state index < -0.39 is 11.8 Å². The number of halogens is 1. The average Bonchev–Trinajstić information content (AvgIpc) is 2.40. The van der Waals surface area contributed by atoms with Crippen LogP contribution in [0.3, 0.4) is 0 Å². The molecule has 0 N–H and O–H groups in total. The zero-order chi connectivity index (χ0) is 12.8. The van der Waals surface area contributed by atoms with Gasteiger partial charge in [-0.3, -0.25) is 9.78 Å². The van der Waals surface area contributed by atoms with Gasteiger partial charge in [-0.25, -0.2) is 4.39 Å². The van der Waals surface area contributed by atoms with Crippen molar-refractivity contribution in [2.75, 3.05) is 0 Å². The molecule has 0 aliphatic heterocycles. The average molecular weight is 245 g/mol. The fourth-order valence-corrected chi connectivity index (χ4v) is 1.49. The van der Waals surface area contributed by atoms with E-state index in [4.69, 9.17) is 4.74 Å². The maximum Gasteiger partial charge on any atom is 0.310 e. The number of rotatable bonds is 4. The Bertz CT molecular complexity index is 528. The van der Waals surface area contributed by atoms with E-state index in [-0.39, 0.29) is 13.0 Å². The fraction of sp³-hybridized carbons (Fsp3) is 0.143. The van der Waals surface area contributed by atoms with E-state index in [1.807, 2.05) is 6.07 Å². The van der Waals surface area contributed by atoms with Gasteiger partial charge in [-0.05, 0) is 23.8 Å². The van der Waals surface area contributed by atoms with Crippen LogP contribution in [-0.4, -0.2) is 11.0 Å². The summed E-state index contributed by atoms with van der Waals surface area (Å²) in [6, 6.07) is 11.5. The molecule has 0 atom stereocenters. The third-order valence-electron chi connectivity index (χ3n) is 2.40. The molecule has 0 bridgehead atoms. The van der Waals surface area contributed by atoms with Crippen LogP contribution in [0, 0.1) is 5.82 Å². The van der Waals surface area contributed by atoms with Crippen molar-refractivity contribution in [1.29, 1.82) is 0 Å². The maximum absolute atomic E-state index is 13.3. The summed E-state index contributed by atoms with van der Waals surface area (Å²) in [5.74, 6) is -0.863. The molecule has 0 spiro atoms. The molecule has 0 aliphatic carbocycles. The van der Waals surface area contributed by atoms with Crippen molar-refractivity contribution in [3.05, 3.63) is 65.7 Å². The highest BCUT2D eigenvalue weighted by Crippen LogP contribution is 2.08. The first-order valence-corrected chi connectivity index (χ1v) is 5.54. The highest BCUT2D eigenvalue weighted by atomic mass is 19.1. The van der Waals surface area contributed by atoms with Crippen LogP contribution in [0.4, 0.5) is 4.39 Å². The standard InChI is InChI=1S/C14H12FNO2/c15-13-7-2-1-5-11(13)9-14(17)18-10-12-6-3-4-8-16-12/h1-8H,9-10H2. The lowest BCUT2D eigenvalue weighted by Gasteiger charge is -2.05. The van der Waals surface area contributed by atoms with Gasteiger partial charge >= 0.3 is 5.97 Å². The van der Waals surface area contributed by atoms with Crippen molar-refractivity contribution < 1.29 is 13.9 Å². The third-order valence-corrected chi connectivity index (χ3v) is 2.40. The lowest BCUT2D eigenvalue weighted by molar-refractivity contribution is -0.144. The van der Waals surface area contributed by atoms with Gasteiger partial charge in [0.2, 0.25) is 0 Å². The van der Waals surface area contributed by atoms with Crippen LogP contribution in [0.5, 0.6) is 0 Å². The van der Waals surface area contributed by atoms with E-state index in [1.165, 1.54) is 6.07 Å². The quantitative estimate of drug-likeness (QED) is 0.777. The molecule has 0 saturated heterocycles. The van der Waals surface area contributed by atoms with Gasteiger partial charge in [0, 0.05) is 6.20 Å². The number of esters is 1. The molecule has 1 aromatic carbocycles. The molecule has 92 valence electrons. The van der Waals surface area contributed by atoms with Crippen molar-refractivity contribution in [3.8, 4) is 0 Å². The van der Waals surface area contributed by atoms with E-state index in [0.717, 1.165) is 0 Å². The minimum absolute atomic E-state index is 0.0699. The summed E-state index contributed by atoms with van der Waals surface area (Å²) in [6.07, 6.45) is 1.56. The Morgan fingerprint density at radius 3 is 2.67 bits per heavy atom. The second kappa shape index (κ2) is 5.91. The lowest BCUT2D eigenvalue weighted by Crippen LogP contribution is -2.09. The van der Waals surface area contributed by atoms with Crippen molar-refractivity contribution in [1.82, 2.24) is 4.98 Å². The van der Waals surface area contributed by atoms with E-state index in [2.05, 4.69) is 4.98 Å². The monoisotopic (exact) mass is 245 g/mol. The molecule has 18 heavy (non-hydrogen) atoms. The predicted molar refractivity (Wildman–Crippen MR) is 64.1 cm³/mol. The summed E-state index contributed by atoms with van der Waals surface area (Å²) >= 11 is 0. The highest BCUT2D eigenvalue weighted by Gasteiger charge is 2.08. The van der Waals surface area contributed by atoms with Crippen LogP contribution in [0.2, 0.25) is 0 Å². The van der Waals surface area contributed by atoms with Crippen LogP contribution in [0.25, 0.3) is 0 Å². The summed E-state index contributed by atoms with van der Waals surface area (Å²) in [7, 11) is 0. The second-order valence-corrected chi connectivity index (χ2v) is 3.75. The van der Waals surface area contributed by atoms with Crippen molar-refractivity contribution in [2.24, 2.45) is 0 Å². The molecule has 0 unspecified atom stereocenters. The maximum atomic E-state index is 13.3. The molecule has 1 heterocycles. The van der Waals surface area contributed by atoms with E-state index >= 15 is 0 Å². The third kappa shape index (κ3) is 3.38. The first-order valence-electron chi connectivity index (χ1n) is 5.54. The normalized spacial score (nSPS) is 10.1. The van der Waals surface area contributed by atoms with Crippen LogP contribution in [-0.2, 0) is 22.6 Å². The summed E-state index contributed by atoms with van der Waals surface area (Å²) in [4.78, 5) is 15.5.